The lowest BCUT2D eigenvalue weighted by molar-refractivity contribution is -0.119. The minimum absolute atomic E-state index is 0.111. The van der Waals surface area contributed by atoms with E-state index in [4.69, 9.17) is 14.3 Å². The number of carbonyl (C=O) groups is 2. The predicted octanol–water partition coefficient (Wildman–Crippen LogP) is 1.24. The first kappa shape index (κ1) is 19.3. The van der Waals surface area contributed by atoms with Gasteiger partial charge >= 0.3 is 11.6 Å². The molecule has 3 rings (SSSR count). The van der Waals surface area contributed by atoms with Crippen molar-refractivity contribution in [1.82, 2.24) is 0 Å². The molecule has 0 saturated carbocycles. The summed E-state index contributed by atoms with van der Waals surface area (Å²) in [5.74, 6) is -1.68. The summed E-state index contributed by atoms with van der Waals surface area (Å²) in [6.45, 7) is -0.651. The molecule has 0 fully saturated rings. The number of fused-ring (bicyclic) bond motifs is 1. The zero-order valence-corrected chi connectivity index (χ0v) is 15.1. The Morgan fingerprint density at radius 2 is 1.75 bits per heavy atom. The third kappa shape index (κ3) is 4.42. The van der Waals surface area contributed by atoms with Crippen LogP contribution in [0.4, 0.5) is 5.69 Å². The van der Waals surface area contributed by atoms with Crippen molar-refractivity contribution < 1.29 is 27.2 Å². The fourth-order valence-corrected chi connectivity index (χ4v) is 2.85. The second-order valence-electron chi connectivity index (χ2n) is 5.68. The lowest BCUT2D eigenvalue weighted by Crippen LogP contribution is -2.23. The number of para-hydroxylation sites is 1. The van der Waals surface area contributed by atoms with Gasteiger partial charge < -0.3 is 14.5 Å². The number of hydrogen-bond acceptors (Lipinski definition) is 7. The summed E-state index contributed by atoms with van der Waals surface area (Å²) in [5, 5.41) is 7.94. The SMILES string of the molecule is NS(=O)(=O)c1ccc(NC(=O)COC(=O)c2cc3ccccc3oc2=O)cc1. The van der Waals surface area contributed by atoms with Crippen LogP contribution in [0.5, 0.6) is 0 Å². The van der Waals surface area contributed by atoms with Gasteiger partial charge in [0.15, 0.2) is 6.61 Å². The molecule has 0 radical (unpaired) electrons. The Bertz CT molecular complexity index is 1210. The van der Waals surface area contributed by atoms with Gasteiger partial charge in [0.05, 0.1) is 4.90 Å². The molecular formula is C18H14N2O7S. The Kier molecular flexibility index (Phi) is 5.25. The van der Waals surface area contributed by atoms with Gasteiger partial charge in [0.25, 0.3) is 5.91 Å². The molecule has 1 aromatic heterocycles. The van der Waals surface area contributed by atoms with Gasteiger partial charge in [-0.2, -0.15) is 0 Å². The van der Waals surface area contributed by atoms with Crippen LogP contribution >= 0.6 is 0 Å². The summed E-state index contributed by atoms with van der Waals surface area (Å²) in [6.07, 6.45) is 0. The van der Waals surface area contributed by atoms with E-state index in [0.717, 1.165) is 0 Å². The van der Waals surface area contributed by atoms with Crippen molar-refractivity contribution in [2.75, 3.05) is 11.9 Å². The van der Waals surface area contributed by atoms with Gasteiger partial charge in [-0.1, -0.05) is 18.2 Å². The van der Waals surface area contributed by atoms with Crippen molar-refractivity contribution in [2.45, 2.75) is 4.90 Å². The summed E-state index contributed by atoms with van der Waals surface area (Å²) in [6, 6.07) is 13.1. The number of sulfonamides is 1. The molecule has 0 spiro atoms. The van der Waals surface area contributed by atoms with Gasteiger partial charge in [-0.3, -0.25) is 4.79 Å². The quantitative estimate of drug-likeness (QED) is 0.482. The van der Waals surface area contributed by atoms with Crippen molar-refractivity contribution in [3.8, 4) is 0 Å². The molecule has 0 aliphatic heterocycles. The second kappa shape index (κ2) is 7.62. The molecule has 144 valence electrons. The highest BCUT2D eigenvalue weighted by atomic mass is 32.2. The van der Waals surface area contributed by atoms with E-state index in [1.165, 1.54) is 30.3 Å². The minimum Gasteiger partial charge on any atom is -0.452 e. The standard InChI is InChI=1S/C18H14N2O7S/c19-28(24,25)13-7-5-12(6-8-13)20-16(21)10-26-17(22)14-9-11-3-1-2-4-15(11)27-18(14)23/h1-9H,10H2,(H,20,21)(H2,19,24,25). The summed E-state index contributed by atoms with van der Waals surface area (Å²) in [5.41, 5.74) is -0.602. The third-order valence-electron chi connectivity index (χ3n) is 3.66. The molecule has 0 unspecified atom stereocenters. The minimum atomic E-state index is -3.84. The first-order valence-corrected chi connectivity index (χ1v) is 9.41. The Morgan fingerprint density at radius 1 is 1.07 bits per heavy atom. The Hall–Kier alpha value is -3.50. The number of anilines is 1. The number of ether oxygens (including phenoxy) is 1. The summed E-state index contributed by atoms with van der Waals surface area (Å²) in [7, 11) is -3.84. The molecule has 0 bridgehead atoms. The van der Waals surface area contributed by atoms with Crippen LogP contribution in [0.2, 0.25) is 0 Å². The van der Waals surface area contributed by atoms with Crippen LogP contribution in [0.3, 0.4) is 0 Å². The van der Waals surface area contributed by atoms with Crippen LogP contribution in [0.1, 0.15) is 10.4 Å². The fraction of sp³-hybridized carbons (Fsp3) is 0.0556. The first-order valence-electron chi connectivity index (χ1n) is 7.87. The van der Waals surface area contributed by atoms with E-state index in [0.29, 0.717) is 11.0 Å². The molecule has 0 atom stereocenters. The zero-order valence-electron chi connectivity index (χ0n) is 14.2. The number of primary sulfonamides is 1. The fourth-order valence-electron chi connectivity index (χ4n) is 2.34. The average molecular weight is 402 g/mol. The molecular weight excluding hydrogens is 388 g/mol. The average Bonchev–Trinajstić information content (AvgIpc) is 2.65. The van der Waals surface area contributed by atoms with Crippen molar-refractivity contribution in [3.63, 3.8) is 0 Å². The van der Waals surface area contributed by atoms with E-state index in [2.05, 4.69) is 5.32 Å². The highest BCUT2D eigenvalue weighted by Crippen LogP contribution is 2.14. The highest BCUT2D eigenvalue weighted by molar-refractivity contribution is 7.89. The molecule has 3 aromatic rings. The van der Waals surface area contributed by atoms with E-state index in [-0.39, 0.29) is 16.1 Å². The smallest absolute Gasteiger partial charge is 0.351 e. The molecule has 1 heterocycles. The van der Waals surface area contributed by atoms with E-state index in [9.17, 15) is 22.8 Å². The predicted molar refractivity (Wildman–Crippen MR) is 99.2 cm³/mol. The monoisotopic (exact) mass is 402 g/mol. The van der Waals surface area contributed by atoms with Gasteiger partial charge in [-0.15, -0.1) is 0 Å². The van der Waals surface area contributed by atoms with Crippen LogP contribution in [0.25, 0.3) is 11.0 Å². The topological polar surface area (TPSA) is 146 Å². The van der Waals surface area contributed by atoms with Crippen LogP contribution in [0, 0.1) is 0 Å². The number of benzene rings is 2. The van der Waals surface area contributed by atoms with E-state index < -0.39 is 34.1 Å². The van der Waals surface area contributed by atoms with Crippen LogP contribution < -0.4 is 16.1 Å². The van der Waals surface area contributed by atoms with E-state index in [1.54, 1.807) is 24.3 Å². The van der Waals surface area contributed by atoms with E-state index in [1.807, 2.05) is 0 Å². The van der Waals surface area contributed by atoms with Gasteiger partial charge in [0.2, 0.25) is 10.0 Å². The molecule has 3 N–H and O–H groups in total. The maximum atomic E-state index is 12.1. The molecule has 0 aliphatic carbocycles. The van der Waals surface area contributed by atoms with Crippen LogP contribution in [0.15, 0.2) is 68.7 Å². The number of amides is 1. The second-order valence-corrected chi connectivity index (χ2v) is 7.24. The molecule has 0 saturated heterocycles. The van der Waals surface area contributed by atoms with E-state index >= 15 is 0 Å². The summed E-state index contributed by atoms with van der Waals surface area (Å²) >= 11 is 0. The van der Waals surface area contributed by atoms with Crippen molar-refractivity contribution >= 4 is 38.6 Å². The molecule has 28 heavy (non-hydrogen) atoms. The zero-order chi connectivity index (χ0) is 20.3. The Balaban J connectivity index is 1.64. The maximum absolute atomic E-state index is 12.1. The van der Waals surface area contributed by atoms with Gasteiger partial charge in [0.1, 0.15) is 11.1 Å². The van der Waals surface area contributed by atoms with Crippen molar-refractivity contribution in [1.29, 1.82) is 0 Å². The van der Waals surface area contributed by atoms with Crippen molar-refractivity contribution in [2.24, 2.45) is 5.14 Å². The molecule has 1 amide bonds. The summed E-state index contributed by atoms with van der Waals surface area (Å²) < 4.78 is 32.3. The molecule has 9 nitrogen and oxygen atoms in total. The first-order chi connectivity index (χ1) is 13.2. The molecule has 2 aromatic carbocycles. The van der Waals surface area contributed by atoms with Crippen LogP contribution in [-0.2, 0) is 19.6 Å². The summed E-state index contributed by atoms with van der Waals surface area (Å²) in [4.78, 5) is 35.8. The van der Waals surface area contributed by atoms with Crippen LogP contribution in [-0.4, -0.2) is 26.9 Å². The van der Waals surface area contributed by atoms with Gasteiger partial charge in [-0.25, -0.2) is 23.1 Å². The highest BCUT2D eigenvalue weighted by Gasteiger charge is 2.17. The number of nitrogens with one attached hydrogen (secondary N) is 1. The maximum Gasteiger partial charge on any atom is 0.351 e. The number of hydrogen-bond donors (Lipinski definition) is 2. The number of esters is 1. The lowest BCUT2D eigenvalue weighted by atomic mass is 10.2. The third-order valence-corrected chi connectivity index (χ3v) is 4.59. The number of rotatable bonds is 5. The molecule has 10 heteroatoms. The Morgan fingerprint density at radius 3 is 2.43 bits per heavy atom. The van der Waals surface area contributed by atoms with Crippen molar-refractivity contribution in [3.05, 3.63) is 70.6 Å². The number of carbonyl (C=O) groups excluding carboxylic acids is 2. The Labute approximate surface area is 158 Å². The molecule has 0 aliphatic rings. The lowest BCUT2D eigenvalue weighted by Gasteiger charge is -2.07. The number of nitrogens with two attached hydrogens (primary N) is 1. The van der Waals surface area contributed by atoms with Gasteiger partial charge in [0, 0.05) is 11.1 Å². The normalized spacial score (nSPS) is 11.2. The van der Waals surface area contributed by atoms with Gasteiger partial charge in [-0.05, 0) is 36.4 Å². The largest absolute Gasteiger partial charge is 0.452 e.